The molecule has 0 radical (unpaired) electrons. The van der Waals surface area contributed by atoms with Gasteiger partial charge in [-0.1, -0.05) is 35.8 Å². The molecule has 1 saturated heterocycles. The monoisotopic (exact) mass is 410 g/mol. The summed E-state index contributed by atoms with van der Waals surface area (Å²) in [5.41, 5.74) is 2.86. The van der Waals surface area contributed by atoms with Gasteiger partial charge in [-0.15, -0.1) is 0 Å². The average molecular weight is 411 g/mol. The third-order valence-electron chi connectivity index (χ3n) is 5.20. The second-order valence-corrected chi connectivity index (χ2v) is 7.57. The molecule has 0 saturated carbocycles. The van der Waals surface area contributed by atoms with Crippen molar-refractivity contribution in [3.8, 4) is 11.4 Å². The van der Waals surface area contributed by atoms with E-state index >= 15 is 0 Å². The molecular formula is C22H23ClN4O2. The van der Waals surface area contributed by atoms with Crippen LogP contribution in [-0.4, -0.2) is 52.0 Å². The Morgan fingerprint density at radius 1 is 1.03 bits per heavy atom. The van der Waals surface area contributed by atoms with Gasteiger partial charge in [0, 0.05) is 42.3 Å². The van der Waals surface area contributed by atoms with Crippen LogP contribution in [0.15, 0.2) is 53.1 Å². The van der Waals surface area contributed by atoms with Crippen LogP contribution in [-0.2, 0) is 13.0 Å². The lowest BCUT2D eigenvalue weighted by Crippen LogP contribution is -2.48. The molecule has 6 nitrogen and oxygen atoms in total. The lowest BCUT2D eigenvalue weighted by molar-refractivity contribution is 0.0615. The molecule has 7 heteroatoms. The van der Waals surface area contributed by atoms with Crippen LogP contribution in [0.25, 0.3) is 11.4 Å². The number of aromatic nitrogens is 2. The SMILES string of the molecule is CCc1ccc(C(=O)N2CCN(Cc3nc(-c4ccc(Cl)cc4)no3)CC2)cc1. The molecule has 1 aliphatic heterocycles. The summed E-state index contributed by atoms with van der Waals surface area (Å²) in [6.07, 6.45) is 0.975. The fourth-order valence-electron chi connectivity index (χ4n) is 3.40. The van der Waals surface area contributed by atoms with E-state index in [1.54, 1.807) is 12.1 Å². The first kappa shape index (κ1) is 19.6. The molecule has 1 aromatic heterocycles. The molecule has 3 aromatic rings. The highest BCUT2D eigenvalue weighted by molar-refractivity contribution is 6.30. The van der Waals surface area contributed by atoms with Crippen molar-refractivity contribution in [3.63, 3.8) is 0 Å². The minimum absolute atomic E-state index is 0.0927. The lowest BCUT2D eigenvalue weighted by atomic mass is 10.1. The first-order valence-electron chi connectivity index (χ1n) is 9.81. The molecule has 4 rings (SSSR count). The van der Waals surface area contributed by atoms with Crippen LogP contribution in [0.4, 0.5) is 0 Å². The van der Waals surface area contributed by atoms with E-state index < -0.39 is 0 Å². The Morgan fingerprint density at radius 3 is 2.38 bits per heavy atom. The van der Waals surface area contributed by atoms with Crippen molar-refractivity contribution >= 4 is 17.5 Å². The van der Waals surface area contributed by atoms with Crippen LogP contribution in [0.5, 0.6) is 0 Å². The van der Waals surface area contributed by atoms with Gasteiger partial charge >= 0.3 is 0 Å². The van der Waals surface area contributed by atoms with Gasteiger partial charge in [0.1, 0.15) is 0 Å². The highest BCUT2D eigenvalue weighted by Gasteiger charge is 2.23. The molecule has 150 valence electrons. The van der Waals surface area contributed by atoms with E-state index in [9.17, 15) is 4.79 Å². The normalized spacial score (nSPS) is 14.9. The van der Waals surface area contributed by atoms with Crippen LogP contribution in [0.1, 0.15) is 28.7 Å². The summed E-state index contributed by atoms with van der Waals surface area (Å²) < 4.78 is 5.40. The molecule has 29 heavy (non-hydrogen) atoms. The van der Waals surface area contributed by atoms with E-state index in [0.29, 0.717) is 36.4 Å². The van der Waals surface area contributed by atoms with Crippen LogP contribution >= 0.6 is 11.6 Å². The van der Waals surface area contributed by atoms with Crippen molar-refractivity contribution in [3.05, 3.63) is 70.6 Å². The van der Waals surface area contributed by atoms with Gasteiger partial charge in [-0.2, -0.15) is 4.98 Å². The van der Waals surface area contributed by atoms with Crippen molar-refractivity contribution in [2.45, 2.75) is 19.9 Å². The van der Waals surface area contributed by atoms with Gasteiger partial charge in [-0.3, -0.25) is 9.69 Å². The average Bonchev–Trinajstić information content (AvgIpc) is 3.23. The van der Waals surface area contributed by atoms with Crippen LogP contribution in [0.2, 0.25) is 5.02 Å². The Balaban J connectivity index is 1.32. The predicted molar refractivity (Wildman–Crippen MR) is 112 cm³/mol. The number of amides is 1. The molecule has 0 atom stereocenters. The highest BCUT2D eigenvalue weighted by atomic mass is 35.5. The predicted octanol–water partition coefficient (Wildman–Crippen LogP) is 3.91. The molecule has 1 fully saturated rings. The van der Waals surface area contributed by atoms with Gasteiger partial charge in [-0.05, 0) is 48.4 Å². The van der Waals surface area contributed by atoms with Gasteiger partial charge in [0.25, 0.3) is 5.91 Å². The molecule has 0 bridgehead atoms. The van der Waals surface area contributed by atoms with Crippen molar-refractivity contribution < 1.29 is 9.32 Å². The Labute approximate surface area is 175 Å². The minimum atomic E-state index is 0.0927. The Hall–Kier alpha value is -2.70. The smallest absolute Gasteiger partial charge is 0.253 e. The molecule has 0 aliphatic carbocycles. The zero-order chi connectivity index (χ0) is 20.2. The van der Waals surface area contributed by atoms with E-state index in [1.807, 2.05) is 41.3 Å². The quantitative estimate of drug-likeness (QED) is 0.638. The van der Waals surface area contributed by atoms with Gasteiger partial charge in [0.2, 0.25) is 11.7 Å². The van der Waals surface area contributed by atoms with Gasteiger partial charge in [-0.25, -0.2) is 0 Å². The maximum absolute atomic E-state index is 12.7. The maximum atomic E-state index is 12.7. The first-order valence-corrected chi connectivity index (χ1v) is 10.2. The summed E-state index contributed by atoms with van der Waals surface area (Å²) in [7, 11) is 0. The molecule has 2 aromatic carbocycles. The number of hydrogen-bond donors (Lipinski definition) is 0. The topological polar surface area (TPSA) is 62.5 Å². The minimum Gasteiger partial charge on any atom is -0.338 e. The van der Waals surface area contributed by atoms with Crippen molar-refractivity contribution in [1.29, 1.82) is 0 Å². The molecule has 0 unspecified atom stereocenters. The number of benzene rings is 2. The van der Waals surface area contributed by atoms with Crippen LogP contribution in [0.3, 0.4) is 0 Å². The molecule has 0 spiro atoms. The lowest BCUT2D eigenvalue weighted by Gasteiger charge is -2.34. The summed E-state index contributed by atoms with van der Waals surface area (Å²) in [4.78, 5) is 21.3. The number of halogens is 1. The van der Waals surface area contributed by atoms with E-state index in [1.165, 1.54) is 5.56 Å². The van der Waals surface area contributed by atoms with E-state index in [0.717, 1.165) is 30.6 Å². The van der Waals surface area contributed by atoms with Gasteiger partial charge in [0.05, 0.1) is 6.54 Å². The molecule has 2 heterocycles. The number of hydrogen-bond acceptors (Lipinski definition) is 5. The summed E-state index contributed by atoms with van der Waals surface area (Å²) >= 11 is 5.92. The summed E-state index contributed by atoms with van der Waals surface area (Å²) in [5.74, 6) is 1.22. The molecular weight excluding hydrogens is 388 g/mol. The summed E-state index contributed by atoms with van der Waals surface area (Å²) in [6.45, 7) is 5.61. The Morgan fingerprint density at radius 2 is 1.72 bits per heavy atom. The van der Waals surface area contributed by atoms with Gasteiger partial charge < -0.3 is 9.42 Å². The molecule has 0 N–H and O–H groups in total. The maximum Gasteiger partial charge on any atom is 0.253 e. The van der Waals surface area contributed by atoms with Gasteiger partial charge in [0.15, 0.2) is 0 Å². The molecule has 1 aliphatic rings. The zero-order valence-electron chi connectivity index (χ0n) is 16.3. The van der Waals surface area contributed by atoms with Crippen molar-refractivity contribution in [1.82, 2.24) is 19.9 Å². The Kier molecular flexibility index (Phi) is 5.92. The largest absolute Gasteiger partial charge is 0.338 e. The van der Waals surface area contributed by atoms with Crippen molar-refractivity contribution in [2.75, 3.05) is 26.2 Å². The van der Waals surface area contributed by atoms with Crippen molar-refractivity contribution in [2.24, 2.45) is 0 Å². The summed E-state index contributed by atoms with van der Waals surface area (Å²) in [6, 6.07) is 15.2. The number of carbonyl (C=O) groups excluding carboxylic acids is 1. The number of carbonyl (C=O) groups is 1. The first-order chi connectivity index (χ1) is 14.1. The van der Waals surface area contributed by atoms with Crippen LogP contribution < -0.4 is 0 Å². The summed E-state index contributed by atoms with van der Waals surface area (Å²) in [5, 5.41) is 4.73. The fourth-order valence-corrected chi connectivity index (χ4v) is 3.53. The third-order valence-corrected chi connectivity index (χ3v) is 5.45. The third kappa shape index (κ3) is 4.66. The highest BCUT2D eigenvalue weighted by Crippen LogP contribution is 2.19. The van der Waals surface area contributed by atoms with E-state index in [4.69, 9.17) is 16.1 Å². The van der Waals surface area contributed by atoms with Crippen LogP contribution in [0, 0.1) is 0 Å². The van der Waals surface area contributed by atoms with E-state index in [-0.39, 0.29) is 5.91 Å². The van der Waals surface area contributed by atoms with E-state index in [2.05, 4.69) is 22.0 Å². The number of aryl methyl sites for hydroxylation is 1. The second-order valence-electron chi connectivity index (χ2n) is 7.14. The molecule has 1 amide bonds. The zero-order valence-corrected chi connectivity index (χ0v) is 17.1. The fraction of sp³-hybridized carbons (Fsp3) is 0.318. The second kappa shape index (κ2) is 8.76. The Bertz CT molecular complexity index is 961. The number of nitrogens with zero attached hydrogens (tertiary/aromatic N) is 4. The number of piperazine rings is 1. The standard InChI is InChI=1S/C22H23ClN4O2/c1-2-16-3-5-18(6-4-16)22(28)27-13-11-26(12-14-27)15-20-24-21(25-29-20)17-7-9-19(23)10-8-17/h3-10H,2,11-15H2,1H3. The number of rotatable bonds is 5.